The molecule has 162 valence electrons. The summed E-state index contributed by atoms with van der Waals surface area (Å²) < 4.78 is 13.3. The molecule has 2 aromatic heterocycles. The van der Waals surface area contributed by atoms with Gasteiger partial charge in [-0.05, 0) is 37.3 Å². The number of carbonyl (C=O) groups is 1. The summed E-state index contributed by atoms with van der Waals surface area (Å²) in [6, 6.07) is 14.4. The Morgan fingerprint density at radius 3 is 2.72 bits per heavy atom. The van der Waals surface area contributed by atoms with E-state index in [1.807, 2.05) is 19.1 Å². The van der Waals surface area contributed by atoms with Crippen LogP contribution >= 0.6 is 34.7 Å². The number of thiazole rings is 1. The molecule has 0 fully saturated rings. The molecule has 1 amide bonds. The van der Waals surface area contributed by atoms with Crippen LogP contribution in [0.4, 0.5) is 10.1 Å². The van der Waals surface area contributed by atoms with Crippen LogP contribution in [0.2, 0.25) is 5.02 Å². The zero-order valence-electron chi connectivity index (χ0n) is 16.7. The number of thioether (sulfide) groups is 1. The quantitative estimate of drug-likeness (QED) is 0.282. The van der Waals surface area contributed by atoms with Crippen molar-refractivity contribution in [3.05, 3.63) is 81.5 Å². The predicted octanol–water partition coefficient (Wildman–Crippen LogP) is 5.39. The monoisotopic (exact) mass is 486 g/mol. The fourth-order valence-corrected chi connectivity index (χ4v) is 4.70. The van der Waals surface area contributed by atoms with E-state index >= 15 is 0 Å². The highest BCUT2D eigenvalue weighted by Gasteiger charge is 2.15. The lowest BCUT2D eigenvalue weighted by molar-refractivity contribution is -0.113. The summed E-state index contributed by atoms with van der Waals surface area (Å²) in [6.07, 6.45) is 0. The molecule has 0 spiro atoms. The zero-order chi connectivity index (χ0) is 22.7. The van der Waals surface area contributed by atoms with Gasteiger partial charge in [0.15, 0.2) is 5.16 Å². The van der Waals surface area contributed by atoms with E-state index in [0.29, 0.717) is 21.6 Å². The molecule has 4 rings (SSSR count). The van der Waals surface area contributed by atoms with Gasteiger partial charge in [0.05, 0.1) is 22.0 Å². The highest BCUT2D eigenvalue weighted by atomic mass is 35.5. The highest BCUT2D eigenvalue weighted by molar-refractivity contribution is 7.99. The first-order chi connectivity index (χ1) is 15.4. The number of nitrogens with zero attached hydrogens (tertiary/aromatic N) is 2. The zero-order valence-corrected chi connectivity index (χ0v) is 19.1. The standard InChI is InChI=1S/C22H16ClFN4O2S2/c1-12-20(32-21(25-12)13-5-7-14(23)8-6-13)17-10-18(29)28-22(27-17)31-11-19(30)26-16-4-2-3-15(24)9-16/h2-10H,11H2,1H3,(H,26,30)(H,27,28,29). The lowest BCUT2D eigenvalue weighted by Crippen LogP contribution is -2.15. The summed E-state index contributed by atoms with van der Waals surface area (Å²) in [5.74, 6) is -0.777. The van der Waals surface area contributed by atoms with Crippen molar-refractivity contribution < 1.29 is 9.18 Å². The molecule has 0 aliphatic carbocycles. The maximum Gasteiger partial charge on any atom is 0.252 e. The van der Waals surface area contributed by atoms with Crippen LogP contribution in [0.3, 0.4) is 0 Å². The smallest absolute Gasteiger partial charge is 0.252 e. The minimum absolute atomic E-state index is 0.000599. The maximum absolute atomic E-state index is 13.3. The molecule has 6 nitrogen and oxygen atoms in total. The lowest BCUT2D eigenvalue weighted by Gasteiger charge is -2.06. The van der Waals surface area contributed by atoms with E-state index in [0.717, 1.165) is 32.9 Å². The largest absolute Gasteiger partial charge is 0.325 e. The van der Waals surface area contributed by atoms with Gasteiger partial charge in [-0.1, -0.05) is 41.6 Å². The van der Waals surface area contributed by atoms with E-state index in [2.05, 4.69) is 20.3 Å². The molecule has 2 N–H and O–H groups in total. The van der Waals surface area contributed by atoms with Gasteiger partial charge in [0.1, 0.15) is 10.8 Å². The minimum Gasteiger partial charge on any atom is -0.325 e. The van der Waals surface area contributed by atoms with Crippen LogP contribution in [-0.2, 0) is 4.79 Å². The fraction of sp³-hybridized carbons (Fsp3) is 0.0909. The van der Waals surface area contributed by atoms with Gasteiger partial charge < -0.3 is 10.3 Å². The van der Waals surface area contributed by atoms with Crippen molar-refractivity contribution in [1.82, 2.24) is 15.0 Å². The first-order valence-electron chi connectivity index (χ1n) is 9.41. The molecule has 0 aliphatic heterocycles. The Bertz CT molecular complexity index is 1340. The summed E-state index contributed by atoms with van der Waals surface area (Å²) in [5, 5.41) is 4.35. The van der Waals surface area contributed by atoms with Crippen LogP contribution in [0, 0.1) is 12.7 Å². The number of anilines is 1. The van der Waals surface area contributed by atoms with Gasteiger partial charge in [0.2, 0.25) is 5.91 Å². The Balaban J connectivity index is 1.51. The molecular formula is C22H16ClFN4O2S2. The van der Waals surface area contributed by atoms with Crippen molar-refractivity contribution in [2.45, 2.75) is 12.1 Å². The second-order valence-corrected chi connectivity index (χ2v) is 9.12. The molecule has 0 bridgehead atoms. The van der Waals surface area contributed by atoms with E-state index in [-0.39, 0.29) is 17.2 Å². The van der Waals surface area contributed by atoms with E-state index in [9.17, 15) is 14.0 Å². The molecule has 0 atom stereocenters. The van der Waals surface area contributed by atoms with Crippen molar-refractivity contribution in [3.63, 3.8) is 0 Å². The molecule has 2 heterocycles. The predicted molar refractivity (Wildman–Crippen MR) is 127 cm³/mol. The molecule has 0 radical (unpaired) electrons. The SMILES string of the molecule is Cc1nc(-c2ccc(Cl)cc2)sc1-c1cc(=O)[nH]c(SCC(=O)Nc2cccc(F)c2)n1. The lowest BCUT2D eigenvalue weighted by atomic mass is 10.2. The Morgan fingerprint density at radius 1 is 1.19 bits per heavy atom. The Hall–Kier alpha value is -3.01. The van der Waals surface area contributed by atoms with Gasteiger partial charge in [-0.2, -0.15) is 0 Å². The first kappa shape index (κ1) is 22.2. The number of aryl methyl sites for hydroxylation is 1. The number of hydrogen-bond donors (Lipinski definition) is 2. The molecule has 32 heavy (non-hydrogen) atoms. The third-order valence-corrected chi connectivity index (χ3v) is 6.64. The summed E-state index contributed by atoms with van der Waals surface area (Å²) in [5.41, 5.74) is 2.18. The minimum atomic E-state index is -0.438. The second kappa shape index (κ2) is 9.64. The maximum atomic E-state index is 13.3. The Labute approximate surface area is 195 Å². The average molecular weight is 487 g/mol. The van der Waals surface area contributed by atoms with Gasteiger partial charge in [0.25, 0.3) is 5.56 Å². The van der Waals surface area contributed by atoms with Crippen LogP contribution in [0.5, 0.6) is 0 Å². The number of carbonyl (C=O) groups excluding carboxylic acids is 1. The second-order valence-electron chi connectivity index (χ2n) is 6.72. The van der Waals surface area contributed by atoms with E-state index in [1.54, 1.807) is 18.2 Å². The molecule has 0 saturated carbocycles. The topological polar surface area (TPSA) is 87.7 Å². The van der Waals surface area contributed by atoms with Gasteiger partial charge in [-0.3, -0.25) is 9.59 Å². The molecule has 2 aromatic carbocycles. The molecule has 10 heteroatoms. The fourth-order valence-electron chi connectivity index (χ4n) is 2.87. The Kier molecular flexibility index (Phi) is 6.69. The van der Waals surface area contributed by atoms with E-state index < -0.39 is 5.82 Å². The molecule has 0 aliphatic rings. The number of aromatic amines is 1. The van der Waals surface area contributed by atoms with Crippen LogP contribution in [0.1, 0.15) is 5.69 Å². The number of benzene rings is 2. The van der Waals surface area contributed by atoms with Gasteiger partial charge in [-0.15, -0.1) is 11.3 Å². The number of H-pyrrole nitrogens is 1. The van der Waals surface area contributed by atoms with E-state index in [1.165, 1.54) is 35.6 Å². The van der Waals surface area contributed by atoms with Crippen molar-refractivity contribution in [3.8, 4) is 21.1 Å². The van der Waals surface area contributed by atoms with Crippen LogP contribution in [0.25, 0.3) is 21.1 Å². The molecule has 0 saturated heterocycles. The van der Waals surface area contributed by atoms with Crippen LogP contribution in [-0.4, -0.2) is 26.6 Å². The van der Waals surface area contributed by atoms with Crippen LogP contribution < -0.4 is 10.9 Å². The number of amides is 1. The Morgan fingerprint density at radius 2 is 1.97 bits per heavy atom. The summed E-state index contributed by atoms with van der Waals surface area (Å²) in [7, 11) is 0. The first-order valence-corrected chi connectivity index (χ1v) is 11.6. The van der Waals surface area contributed by atoms with Gasteiger partial charge >= 0.3 is 0 Å². The third kappa shape index (κ3) is 5.42. The number of hydrogen-bond acceptors (Lipinski definition) is 6. The van der Waals surface area contributed by atoms with Crippen molar-refractivity contribution in [2.24, 2.45) is 0 Å². The number of rotatable bonds is 6. The van der Waals surface area contributed by atoms with Crippen molar-refractivity contribution >= 4 is 46.3 Å². The number of aromatic nitrogens is 3. The average Bonchev–Trinajstić information content (AvgIpc) is 3.14. The summed E-state index contributed by atoms with van der Waals surface area (Å²) in [4.78, 5) is 36.9. The number of halogens is 2. The summed E-state index contributed by atoms with van der Waals surface area (Å²) in [6.45, 7) is 1.85. The highest BCUT2D eigenvalue weighted by Crippen LogP contribution is 2.34. The van der Waals surface area contributed by atoms with Gasteiger partial charge in [0, 0.05) is 22.3 Å². The van der Waals surface area contributed by atoms with Crippen molar-refractivity contribution in [2.75, 3.05) is 11.1 Å². The number of nitrogens with one attached hydrogen (secondary N) is 2. The van der Waals surface area contributed by atoms with Gasteiger partial charge in [-0.25, -0.2) is 14.4 Å². The van der Waals surface area contributed by atoms with Crippen LogP contribution in [0.15, 0.2) is 64.5 Å². The summed E-state index contributed by atoms with van der Waals surface area (Å²) >= 11 is 8.46. The molecule has 0 unspecified atom stereocenters. The molecule has 4 aromatic rings. The normalized spacial score (nSPS) is 10.8. The van der Waals surface area contributed by atoms with Crippen molar-refractivity contribution in [1.29, 1.82) is 0 Å². The molecular weight excluding hydrogens is 471 g/mol. The third-order valence-electron chi connectivity index (χ3n) is 4.29. The van der Waals surface area contributed by atoms with E-state index in [4.69, 9.17) is 11.6 Å².